The van der Waals surface area contributed by atoms with Gasteiger partial charge in [-0.05, 0) is 49.6 Å². The highest BCUT2D eigenvalue weighted by molar-refractivity contribution is 5.95. The van der Waals surface area contributed by atoms with Crippen LogP contribution >= 0.6 is 0 Å². The standard InChI is InChI=1S/C25H26F3N3O4/c1-16-5-8-18(9-6-16)31-23(25(26,27)28)20(14-30-31)24(32)29-13-17-7-10-21(22(12-17)33-2)35-15-19-4-3-11-34-19/h5-10,12,14,19H,3-4,11,13,15H2,1-2H3,(H,29,32). The summed E-state index contributed by atoms with van der Waals surface area (Å²) >= 11 is 0. The minimum atomic E-state index is -4.78. The Morgan fingerprint density at radius 1 is 1.20 bits per heavy atom. The van der Waals surface area contributed by atoms with Gasteiger partial charge in [0.2, 0.25) is 0 Å². The van der Waals surface area contributed by atoms with Crippen molar-refractivity contribution in [2.45, 2.75) is 38.6 Å². The molecule has 1 fully saturated rings. The van der Waals surface area contributed by atoms with Crippen molar-refractivity contribution in [1.82, 2.24) is 15.1 Å². The fraction of sp³-hybridized carbons (Fsp3) is 0.360. The monoisotopic (exact) mass is 489 g/mol. The summed E-state index contributed by atoms with van der Waals surface area (Å²) in [6, 6.07) is 11.5. The van der Waals surface area contributed by atoms with Crippen molar-refractivity contribution in [3.8, 4) is 17.2 Å². The lowest BCUT2D eigenvalue weighted by Gasteiger charge is -2.15. The molecule has 10 heteroatoms. The average Bonchev–Trinajstić information content (AvgIpc) is 3.52. The molecular weight excluding hydrogens is 463 g/mol. The largest absolute Gasteiger partial charge is 0.493 e. The molecule has 1 unspecified atom stereocenters. The van der Waals surface area contributed by atoms with Crippen LogP contribution in [0, 0.1) is 6.92 Å². The lowest BCUT2D eigenvalue weighted by atomic mass is 10.1. The maximum atomic E-state index is 13.9. The summed E-state index contributed by atoms with van der Waals surface area (Å²) in [6.07, 6.45) is -1.86. The molecule has 0 spiro atoms. The Morgan fingerprint density at radius 3 is 2.63 bits per heavy atom. The van der Waals surface area contributed by atoms with E-state index in [0.717, 1.165) is 35.9 Å². The van der Waals surface area contributed by atoms with Crippen molar-refractivity contribution in [1.29, 1.82) is 0 Å². The van der Waals surface area contributed by atoms with Crippen molar-refractivity contribution in [3.05, 3.63) is 71.0 Å². The Balaban J connectivity index is 1.47. The third-order valence-corrected chi connectivity index (χ3v) is 5.69. The Bertz CT molecular complexity index is 1170. The third kappa shape index (κ3) is 5.76. The van der Waals surface area contributed by atoms with E-state index in [-0.39, 0.29) is 18.3 Å². The average molecular weight is 489 g/mol. The molecule has 1 aliphatic heterocycles. The summed E-state index contributed by atoms with van der Waals surface area (Å²) in [5.74, 6) is 0.100. The second-order valence-corrected chi connectivity index (χ2v) is 8.27. The molecule has 7 nitrogen and oxygen atoms in total. The number of carbonyl (C=O) groups excluding carboxylic acids is 1. The van der Waals surface area contributed by atoms with Crippen molar-refractivity contribution in [3.63, 3.8) is 0 Å². The lowest BCUT2D eigenvalue weighted by Crippen LogP contribution is -2.26. The third-order valence-electron chi connectivity index (χ3n) is 5.69. The number of halogens is 3. The van der Waals surface area contributed by atoms with Gasteiger partial charge in [-0.3, -0.25) is 4.79 Å². The van der Waals surface area contributed by atoms with Crippen LogP contribution in [0.2, 0.25) is 0 Å². The van der Waals surface area contributed by atoms with Gasteiger partial charge in [-0.25, -0.2) is 4.68 Å². The zero-order valence-electron chi connectivity index (χ0n) is 19.4. The number of benzene rings is 2. The number of carbonyl (C=O) groups is 1. The SMILES string of the molecule is COc1cc(CNC(=O)c2cnn(-c3ccc(C)cc3)c2C(F)(F)F)ccc1OCC1CCCO1. The van der Waals surface area contributed by atoms with Gasteiger partial charge in [-0.2, -0.15) is 18.3 Å². The first-order valence-electron chi connectivity index (χ1n) is 11.2. The first-order chi connectivity index (χ1) is 16.8. The van der Waals surface area contributed by atoms with Gasteiger partial charge in [-0.15, -0.1) is 0 Å². The number of amides is 1. The molecule has 1 amide bonds. The first-order valence-corrected chi connectivity index (χ1v) is 11.2. The minimum Gasteiger partial charge on any atom is -0.493 e. The summed E-state index contributed by atoms with van der Waals surface area (Å²) < 4.78 is 59.1. The molecule has 0 bridgehead atoms. The molecule has 0 radical (unpaired) electrons. The molecule has 1 aliphatic rings. The normalized spacial score (nSPS) is 15.7. The maximum Gasteiger partial charge on any atom is 0.434 e. The van der Waals surface area contributed by atoms with E-state index in [1.807, 2.05) is 6.92 Å². The van der Waals surface area contributed by atoms with Gasteiger partial charge in [0.05, 0.1) is 30.7 Å². The summed E-state index contributed by atoms with van der Waals surface area (Å²) in [5, 5.41) is 6.38. The number of rotatable bonds is 8. The van der Waals surface area contributed by atoms with Crippen LogP contribution in [0.15, 0.2) is 48.7 Å². The summed E-state index contributed by atoms with van der Waals surface area (Å²) in [5.41, 5.74) is 0.0615. The number of aryl methyl sites for hydroxylation is 1. The molecule has 0 saturated carbocycles. The Morgan fingerprint density at radius 2 is 1.97 bits per heavy atom. The highest BCUT2D eigenvalue weighted by Crippen LogP contribution is 2.34. The number of nitrogens with one attached hydrogen (secondary N) is 1. The molecule has 1 aromatic heterocycles. The number of alkyl halides is 3. The maximum absolute atomic E-state index is 13.9. The predicted molar refractivity (Wildman–Crippen MR) is 122 cm³/mol. The topological polar surface area (TPSA) is 74.6 Å². The van der Waals surface area contributed by atoms with E-state index in [0.29, 0.717) is 23.7 Å². The highest BCUT2D eigenvalue weighted by atomic mass is 19.4. The van der Waals surface area contributed by atoms with Crippen molar-refractivity contribution in [2.24, 2.45) is 0 Å². The van der Waals surface area contributed by atoms with Gasteiger partial charge in [0.15, 0.2) is 17.2 Å². The number of ether oxygens (including phenoxy) is 3. The van der Waals surface area contributed by atoms with Crippen LogP contribution in [-0.2, 0) is 17.5 Å². The second kappa shape index (κ2) is 10.4. The number of methoxy groups -OCH3 is 1. The summed E-state index contributed by atoms with van der Waals surface area (Å²) in [7, 11) is 1.49. The van der Waals surface area contributed by atoms with E-state index >= 15 is 0 Å². The van der Waals surface area contributed by atoms with Gasteiger partial charge >= 0.3 is 6.18 Å². The number of nitrogens with zero attached hydrogens (tertiary/aromatic N) is 2. The fourth-order valence-corrected chi connectivity index (χ4v) is 3.85. The van der Waals surface area contributed by atoms with Crippen LogP contribution in [0.4, 0.5) is 13.2 Å². The Kier molecular flexibility index (Phi) is 7.30. The van der Waals surface area contributed by atoms with E-state index in [4.69, 9.17) is 14.2 Å². The smallest absolute Gasteiger partial charge is 0.434 e. The van der Waals surface area contributed by atoms with Crippen LogP contribution in [0.1, 0.15) is 40.0 Å². The Hall–Kier alpha value is -3.53. The van der Waals surface area contributed by atoms with Crippen LogP contribution in [0.5, 0.6) is 11.5 Å². The van der Waals surface area contributed by atoms with Crippen molar-refractivity contribution < 1.29 is 32.2 Å². The number of hydrogen-bond donors (Lipinski definition) is 1. The molecule has 1 atom stereocenters. The number of hydrogen-bond acceptors (Lipinski definition) is 5. The van der Waals surface area contributed by atoms with E-state index in [1.54, 1.807) is 30.3 Å². The zero-order chi connectivity index (χ0) is 25.0. The van der Waals surface area contributed by atoms with Crippen molar-refractivity contribution >= 4 is 5.91 Å². The Labute approximate surface area is 200 Å². The molecule has 2 aromatic carbocycles. The van der Waals surface area contributed by atoms with Crippen LogP contribution in [-0.4, -0.2) is 42.1 Å². The predicted octanol–water partition coefficient (Wildman–Crippen LogP) is 4.70. The molecule has 186 valence electrons. The van der Waals surface area contributed by atoms with Crippen molar-refractivity contribution in [2.75, 3.05) is 20.3 Å². The summed E-state index contributed by atoms with van der Waals surface area (Å²) in [6.45, 7) is 2.95. The van der Waals surface area contributed by atoms with Crippen LogP contribution < -0.4 is 14.8 Å². The molecule has 35 heavy (non-hydrogen) atoms. The van der Waals surface area contributed by atoms with Gasteiger partial charge in [0.25, 0.3) is 5.91 Å². The molecule has 2 heterocycles. The fourth-order valence-electron chi connectivity index (χ4n) is 3.85. The minimum absolute atomic E-state index is 0.00574. The van der Waals surface area contributed by atoms with E-state index < -0.39 is 23.3 Å². The molecule has 1 N–H and O–H groups in total. The molecule has 0 aliphatic carbocycles. The van der Waals surface area contributed by atoms with E-state index in [1.165, 1.54) is 19.2 Å². The number of aromatic nitrogens is 2. The van der Waals surface area contributed by atoms with Gasteiger partial charge in [0.1, 0.15) is 6.61 Å². The highest BCUT2D eigenvalue weighted by Gasteiger charge is 2.40. The van der Waals surface area contributed by atoms with E-state index in [9.17, 15) is 18.0 Å². The van der Waals surface area contributed by atoms with E-state index in [2.05, 4.69) is 10.4 Å². The molecular formula is C25H26F3N3O4. The second-order valence-electron chi connectivity index (χ2n) is 8.27. The quantitative estimate of drug-likeness (QED) is 0.497. The lowest BCUT2D eigenvalue weighted by molar-refractivity contribution is -0.143. The summed E-state index contributed by atoms with van der Waals surface area (Å²) in [4.78, 5) is 12.7. The van der Waals surface area contributed by atoms with Gasteiger partial charge < -0.3 is 19.5 Å². The van der Waals surface area contributed by atoms with Gasteiger partial charge in [-0.1, -0.05) is 23.8 Å². The molecule has 4 rings (SSSR count). The van der Waals surface area contributed by atoms with Gasteiger partial charge in [0, 0.05) is 13.2 Å². The van der Waals surface area contributed by atoms with Crippen LogP contribution in [0.3, 0.4) is 0 Å². The van der Waals surface area contributed by atoms with Crippen LogP contribution in [0.25, 0.3) is 5.69 Å². The zero-order valence-corrected chi connectivity index (χ0v) is 19.4. The molecule has 1 saturated heterocycles. The first kappa shape index (κ1) is 24.6. The molecule has 3 aromatic rings.